The Labute approximate surface area is 138 Å². The largest absolute Gasteiger partial charge is 0.369 e. The van der Waals surface area contributed by atoms with E-state index in [1.807, 2.05) is 12.1 Å². The highest BCUT2D eigenvalue weighted by Gasteiger charge is 2.26. The van der Waals surface area contributed by atoms with E-state index in [0.717, 1.165) is 24.3 Å². The molecule has 4 rings (SSSR count). The fourth-order valence-corrected chi connectivity index (χ4v) is 3.81. The van der Waals surface area contributed by atoms with Gasteiger partial charge < -0.3 is 5.73 Å². The quantitative estimate of drug-likeness (QED) is 0.841. The highest BCUT2D eigenvalue weighted by molar-refractivity contribution is 5.83. The highest BCUT2D eigenvalue weighted by Crippen LogP contribution is 2.33. The Hall–Kier alpha value is -2.09. The lowest BCUT2D eigenvalue weighted by atomic mass is 10.00. The van der Waals surface area contributed by atoms with Gasteiger partial charge in [0.2, 0.25) is 5.91 Å². The molecule has 23 heavy (non-hydrogen) atoms. The van der Waals surface area contributed by atoms with Crippen LogP contribution >= 0.6 is 0 Å². The van der Waals surface area contributed by atoms with E-state index < -0.39 is 0 Å². The summed E-state index contributed by atoms with van der Waals surface area (Å²) in [4.78, 5) is 11.1. The summed E-state index contributed by atoms with van der Waals surface area (Å²) in [5.74, 6) is 0.564. The molecule has 0 spiro atoms. The third-order valence-electron chi connectivity index (χ3n) is 5.15. The number of hydrogen-bond donors (Lipinski definition) is 1. The lowest BCUT2D eigenvalue weighted by Crippen LogP contribution is -2.19. The van der Waals surface area contributed by atoms with E-state index >= 15 is 0 Å². The van der Waals surface area contributed by atoms with Gasteiger partial charge in [-0.25, -0.2) is 0 Å². The lowest BCUT2D eigenvalue weighted by molar-refractivity contribution is -0.119. The summed E-state index contributed by atoms with van der Waals surface area (Å²) in [6.07, 6.45) is 4.51. The van der Waals surface area contributed by atoms with Crippen LogP contribution in [0.25, 0.3) is 0 Å². The Kier molecular flexibility index (Phi) is 4.51. The number of nitrogens with two attached hydrogens (primary N) is 1. The topological polar surface area (TPSA) is 43.1 Å². The number of primary amides is 1. The number of aryl methyl sites for hydroxylation is 3. The van der Waals surface area contributed by atoms with E-state index in [-0.39, 0.29) is 11.8 Å². The summed E-state index contributed by atoms with van der Waals surface area (Å²) in [6, 6.07) is 15.0. The first-order valence-electron chi connectivity index (χ1n) is 8.53. The average Bonchev–Trinajstić information content (AvgIpc) is 3.12. The minimum Gasteiger partial charge on any atom is -0.369 e. The molecule has 0 heterocycles. The molecule has 2 N–H and O–H groups in total. The highest BCUT2D eigenvalue weighted by atomic mass is 16.1. The number of hydrogen-bond acceptors (Lipinski definition) is 1. The van der Waals surface area contributed by atoms with E-state index in [2.05, 4.69) is 44.2 Å². The van der Waals surface area contributed by atoms with Crippen LogP contribution < -0.4 is 5.73 Å². The van der Waals surface area contributed by atoms with Crippen molar-refractivity contribution in [2.75, 3.05) is 0 Å². The van der Waals surface area contributed by atoms with Gasteiger partial charge in [0.05, 0.1) is 5.92 Å². The van der Waals surface area contributed by atoms with E-state index in [0.29, 0.717) is 0 Å². The molecule has 1 amide bonds. The van der Waals surface area contributed by atoms with Crippen LogP contribution in [0, 0.1) is 6.92 Å². The molecular weight excluding hydrogens is 282 g/mol. The fraction of sp³-hybridized carbons (Fsp3) is 0.381. The Morgan fingerprint density at radius 2 is 1.74 bits per heavy atom. The van der Waals surface area contributed by atoms with Crippen molar-refractivity contribution < 1.29 is 4.79 Å². The average molecular weight is 307 g/mol. The maximum absolute atomic E-state index is 11.1. The monoisotopic (exact) mass is 307 g/mol. The summed E-state index contributed by atoms with van der Waals surface area (Å²) in [5.41, 5.74) is 12.1. The number of fused-ring (bicyclic) bond motifs is 2. The third kappa shape index (κ3) is 3.31. The van der Waals surface area contributed by atoms with Gasteiger partial charge in [0, 0.05) is 0 Å². The second-order valence-electron chi connectivity index (χ2n) is 6.83. The molecule has 2 aromatic rings. The van der Waals surface area contributed by atoms with Gasteiger partial charge in [0.25, 0.3) is 0 Å². The maximum atomic E-state index is 11.1. The lowest BCUT2D eigenvalue weighted by Gasteiger charge is -2.06. The zero-order valence-corrected chi connectivity index (χ0v) is 14.0. The van der Waals surface area contributed by atoms with E-state index in [1.54, 1.807) is 11.1 Å². The zero-order valence-electron chi connectivity index (χ0n) is 14.0. The molecule has 0 radical (unpaired) electrons. The first-order valence-corrected chi connectivity index (χ1v) is 8.53. The molecule has 2 atom stereocenters. The summed E-state index contributed by atoms with van der Waals surface area (Å²) in [5, 5.41) is 0. The third-order valence-corrected chi connectivity index (χ3v) is 5.15. The van der Waals surface area contributed by atoms with Crippen LogP contribution in [-0.4, -0.2) is 5.91 Å². The van der Waals surface area contributed by atoms with Crippen molar-refractivity contribution in [2.45, 2.75) is 51.4 Å². The molecule has 2 unspecified atom stereocenters. The molecule has 0 aliphatic heterocycles. The first kappa shape index (κ1) is 15.8. The molecular formula is C21H25NO. The van der Waals surface area contributed by atoms with E-state index in [9.17, 15) is 4.79 Å². The van der Waals surface area contributed by atoms with Gasteiger partial charge in [0.15, 0.2) is 0 Å². The van der Waals surface area contributed by atoms with Crippen LogP contribution in [0.2, 0.25) is 0 Å². The van der Waals surface area contributed by atoms with Crippen LogP contribution in [0.4, 0.5) is 0 Å². The van der Waals surface area contributed by atoms with E-state index in [4.69, 9.17) is 5.73 Å². The number of rotatable bonds is 1. The van der Waals surface area contributed by atoms with Gasteiger partial charge in [-0.3, -0.25) is 4.79 Å². The molecule has 2 aromatic carbocycles. The van der Waals surface area contributed by atoms with Crippen molar-refractivity contribution in [3.05, 3.63) is 70.3 Å². The summed E-state index contributed by atoms with van der Waals surface area (Å²) < 4.78 is 0. The van der Waals surface area contributed by atoms with Gasteiger partial charge >= 0.3 is 0 Å². The molecule has 0 fully saturated rings. The Bertz CT molecular complexity index is 720. The molecule has 2 aliphatic carbocycles. The minimum absolute atomic E-state index is 0.0457. The van der Waals surface area contributed by atoms with Crippen LogP contribution in [0.1, 0.15) is 59.4 Å². The zero-order chi connectivity index (χ0) is 16.4. The number of benzene rings is 2. The molecule has 2 nitrogen and oxygen atoms in total. The summed E-state index contributed by atoms with van der Waals surface area (Å²) in [6.45, 7) is 4.38. The molecule has 2 heteroatoms. The van der Waals surface area contributed by atoms with Crippen LogP contribution in [0.3, 0.4) is 0 Å². The van der Waals surface area contributed by atoms with Crippen molar-refractivity contribution in [1.29, 1.82) is 0 Å². The number of amides is 1. The second-order valence-corrected chi connectivity index (χ2v) is 6.83. The van der Waals surface area contributed by atoms with Gasteiger partial charge in [-0.2, -0.15) is 0 Å². The molecule has 0 saturated carbocycles. The van der Waals surface area contributed by atoms with E-state index in [1.165, 1.54) is 24.0 Å². The van der Waals surface area contributed by atoms with Gasteiger partial charge in [-0.15, -0.1) is 0 Å². The Morgan fingerprint density at radius 3 is 2.48 bits per heavy atom. The maximum Gasteiger partial charge on any atom is 0.224 e. The molecule has 120 valence electrons. The summed E-state index contributed by atoms with van der Waals surface area (Å²) in [7, 11) is 0. The Morgan fingerprint density at radius 1 is 1.00 bits per heavy atom. The smallest absolute Gasteiger partial charge is 0.224 e. The van der Waals surface area contributed by atoms with Crippen LogP contribution in [0.15, 0.2) is 42.5 Å². The summed E-state index contributed by atoms with van der Waals surface area (Å²) >= 11 is 0. The predicted molar refractivity (Wildman–Crippen MR) is 94.6 cm³/mol. The van der Waals surface area contributed by atoms with Gasteiger partial charge in [-0.1, -0.05) is 55.0 Å². The molecule has 0 bridgehead atoms. The minimum atomic E-state index is -0.192. The van der Waals surface area contributed by atoms with Gasteiger partial charge in [0.1, 0.15) is 0 Å². The van der Waals surface area contributed by atoms with Crippen molar-refractivity contribution >= 4 is 5.91 Å². The normalized spacial score (nSPS) is 21.1. The molecule has 0 aromatic heterocycles. The fourth-order valence-electron chi connectivity index (χ4n) is 3.81. The van der Waals surface area contributed by atoms with Crippen molar-refractivity contribution in [3.8, 4) is 0 Å². The Balaban J connectivity index is 0.000000140. The van der Waals surface area contributed by atoms with Crippen LogP contribution in [-0.2, 0) is 17.6 Å². The van der Waals surface area contributed by atoms with Gasteiger partial charge in [-0.05, 0) is 60.8 Å². The van der Waals surface area contributed by atoms with Crippen LogP contribution in [0.5, 0.6) is 0 Å². The molecule has 0 saturated heterocycles. The standard InChI is InChI=1S/C11H13NO.C10H12/c1-7-2-4-9-8(6-7)3-5-10(9)11(12)13;1-8-6-7-9-4-2-3-5-10(8)9/h2,4,6,10H,3,5H2,1H3,(H2,12,13);2-5,8H,6-7H2,1H3. The van der Waals surface area contributed by atoms with Crippen molar-refractivity contribution in [3.63, 3.8) is 0 Å². The second kappa shape index (κ2) is 6.57. The SMILES string of the molecule is CC1CCc2ccccc21.Cc1ccc2c(c1)CCC2C(N)=O. The van der Waals surface area contributed by atoms with Crippen molar-refractivity contribution in [1.82, 2.24) is 0 Å². The van der Waals surface area contributed by atoms with Crippen molar-refractivity contribution in [2.24, 2.45) is 5.73 Å². The number of carbonyl (C=O) groups is 1. The number of carbonyl (C=O) groups excluding carboxylic acids is 1. The molecule has 2 aliphatic rings. The first-order chi connectivity index (χ1) is 11.1. The predicted octanol–water partition coefficient (Wildman–Crippen LogP) is 4.25.